The summed E-state index contributed by atoms with van der Waals surface area (Å²) in [6, 6.07) is 5.86. The van der Waals surface area contributed by atoms with E-state index in [4.69, 9.17) is 9.47 Å². The van der Waals surface area contributed by atoms with E-state index in [1.165, 1.54) is 0 Å². The molecule has 5 heteroatoms. The molecule has 1 saturated heterocycles. The molecule has 0 radical (unpaired) electrons. The predicted octanol–water partition coefficient (Wildman–Crippen LogP) is 1.87. The second-order valence-electron chi connectivity index (χ2n) is 5.20. The number of aliphatic carboxylic acids is 1. The van der Waals surface area contributed by atoms with E-state index in [0.717, 1.165) is 12.0 Å². The molecule has 0 saturated carbocycles. The lowest BCUT2D eigenvalue weighted by Gasteiger charge is -2.34. The van der Waals surface area contributed by atoms with Gasteiger partial charge in [0.2, 0.25) is 0 Å². The van der Waals surface area contributed by atoms with E-state index in [-0.39, 0.29) is 5.92 Å². The van der Waals surface area contributed by atoms with Crippen molar-refractivity contribution in [1.82, 2.24) is 5.32 Å². The van der Waals surface area contributed by atoms with Gasteiger partial charge in [0.15, 0.2) is 0 Å². The van der Waals surface area contributed by atoms with Crippen LogP contribution in [0.3, 0.4) is 0 Å². The maximum absolute atomic E-state index is 11.5. The second kappa shape index (κ2) is 6.13. The highest BCUT2D eigenvalue weighted by Crippen LogP contribution is 2.39. The Labute approximate surface area is 118 Å². The molecule has 2 N–H and O–H groups in total. The summed E-state index contributed by atoms with van der Waals surface area (Å²) in [4.78, 5) is 11.5. The van der Waals surface area contributed by atoms with Gasteiger partial charge >= 0.3 is 5.97 Å². The number of methoxy groups -OCH3 is 2. The Morgan fingerprint density at radius 1 is 1.35 bits per heavy atom. The molecule has 1 aromatic rings. The van der Waals surface area contributed by atoms with E-state index in [1.54, 1.807) is 20.3 Å². The van der Waals surface area contributed by atoms with Crippen LogP contribution in [0.4, 0.5) is 0 Å². The smallest absolute Gasteiger partial charge is 0.308 e. The van der Waals surface area contributed by atoms with Crippen LogP contribution in [0.15, 0.2) is 18.2 Å². The zero-order valence-electron chi connectivity index (χ0n) is 12.1. The first-order valence-corrected chi connectivity index (χ1v) is 6.75. The average molecular weight is 279 g/mol. The Morgan fingerprint density at radius 3 is 2.70 bits per heavy atom. The summed E-state index contributed by atoms with van der Waals surface area (Å²) in [7, 11) is 3.19. The number of carbonyl (C=O) groups is 1. The molecule has 3 unspecified atom stereocenters. The molecule has 1 aliphatic heterocycles. The van der Waals surface area contributed by atoms with Crippen molar-refractivity contribution in [2.24, 2.45) is 5.92 Å². The van der Waals surface area contributed by atoms with Gasteiger partial charge < -0.3 is 19.9 Å². The van der Waals surface area contributed by atoms with Gasteiger partial charge in [0.25, 0.3) is 0 Å². The third-order valence-electron chi connectivity index (χ3n) is 3.94. The van der Waals surface area contributed by atoms with Gasteiger partial charge in [-0.05, 0) is 25.0 Å². The van der Waals surface area contributed by atoms with Crippen LogP contribution in [0.2, 0.25) is 0 Å². The number of piperidine rings is 1. The third-order valence-corrected chi connectivity index (χ3v) is 3.94. The number of rotatable bonds is 4. The van der Waals surface area contributed by atoms with Crippen molar-refractivity contribution < 1.29 is 19.4 Å². The Balaban J connectivity index is 2.38. The van der Waals surface area contributed by atoms with Gasteiger partial charge in [-0.25, -0.2) is 0 Å². The molecule has 1 aliphatic rings. The molecule has 1 aromatic carbocycles. The first kappa shape index (κ1) is 14.7. The molecule has 20 heavy (non-hydrogen) atoms. The zero-order chi connectivity index (χ0) is 14.7. The van der Waals surface area contributed by atoms with Crippen molar-refractivity contribution >= 4 is 5.97 Å². The van der Waals surface area contributed by atoms with Gasteiger partial charge in [-0.1, -0.05) is 6.07 Å². The summed E-state index contributed by atoms with van der Waals surface area (Å²) in [5.41, 5.74) is 0.939. The lowest BCUT2D eigenvalue weighted by Crippen LogP contribution is -2.44. The molecule has 0 spiro atoms. The van der Waals surface area contributed by atoms with Crippen LogP contribution in [0.1, 0.15) is 24.8 Å². The monoisotopic (exact) mass is 279 g/mol. The van der Waals surface area contributed by atoms with E-state index in [0.29, 0.717) is 24.1 Å². The Kier molecular flexibility index (Phi) is 4.49. The van der Waals surface area contributed by atoms with Gasteiger partial charge in [-0.15, -0.1) is 0 Å². The van der Waals surface area contributed by atoms with Crippen molar-refractivity contribution in [3.05, 3.63) is 23.8 Å². The maximum atomic E-state index is 11.5. The third kappa shape index (κ3) is 2.88. The largest absolute Gasteiger partial charge is 0.497 e. The molecule has 1 fully saturated rings. The molecule has 2 rings (SSSR count). The fourth-order valence-electron chi connectivity index (χ4n) is 2.83. The lowest BCUT2D eigenvalue weighted by molar-refractivity contribution is -0.143. The van der Waals surface area contributed by atoms with Crippen molar-refractivity contribution in [2.75, 3.05) is 20.8 Å². The van der Waals surface area contributed by atoms with Crippen LogP contribution in [0.25, 0.3) is 0 Å². The van der Waals surface area contributed by atoms with Crippen molar-refractivity contribution in [3.8, 4) is 11.5 Å². The minimum absolute atomic E-state index is 0.0513. The molecule has 0 aliphatic carbocycles. The van der Waals surface area contributed by atoms with Gasteiger partial charge in [-0.3, -0.25) is 4.79 Å². The summed E-state index contributed by atoms with van der Waals surface area (Å²) in [6.45, 7) is 2.55. The molecule has 3 atom stereocenters. The lowest BCUT2D eigenvalue weighted by atomic mass is 9.78. The summed E-state index contributed by atoms with van der Waals surface area (Å²) < 4.78 is 10.6. The summed E-state index contributed by atoms with van der Waals surface area (Å²) in [5.74, 6) is 0.138. The van der Waals surface area contributed by atoms with Crippen molar-refractivity contribution in [1.29, 1.82) is 0 Å². The standard InChI is InChI=1S/C15H21NO4/c1-9-6-12(13(8-16-9)15(17)18)11-5-4-10(19-2)7-14(11)20-3/h4-5,7,9,12-13,16H,6,8H2,1-3H3,(H,17,18). The summed E-state index contributed by atoms with van der Waals surface area (Å²) >= 11 is 0. The molecule has 5 nitrogen and oxygen atoms in total. The van der Waals surface area contributed by atoms with Gasteiger partial charge in [0.05, 0.1) is 20.1 Å². The normalized spacial score (nSPS) is 26.1. The van der Waals surface area contributed by atoms with E-state index < -0.39 is 11.9 Å². The van der Waals surface area contributed by atoms with Crippen LogP contribution in [0, 0.1) is 5.92 Å². The van der Waals surface area contributed by atoms with Crippen LogP contribution in [-0.4, -0.2) is 37.9 Å². The SMILES string of the molecule is COc1ccc(C2CC(C)NCC2C(=O)O)c(OC)c1. The Hall–Kier alpha value is -1.75. The number of hydrogen-bond acceptors (Lipinski definition) is 4. The minimum Gasteiger partial charge on any atom is -0.497 e. The number of ether oxygens (including phenoxy) is 2. The number of carboxylic acids is 1. The zero-order valence-corrected chi connectivity index (χ0v) is 12.1. The first-order valence-electron chi connectivity index (χ1n) is 6.75. The van der Waals surface area contributed by atoms with E-state index >= 15 is 0 Å². The Morgan fingerprint density at radius 2 is 2.10 bits per heavy atom. The van der Waals surface area contributed by atoms with E-state index in [2.05, 4.69) is 12.2 Å². The summed E-state index contributed by atoms with van der Waals surface area (Å²) in [6.07, 6.45) is 0.777. The van der Waals surface area contributed by atoms with Crippen molar-refractivity contribution in [3.63, 3.8) is 0 Å². The number of benzene rings is 1. The van der Waals surface area contributed by atoms with Crippen LogP contribution >= 0.6 is 0 Å². The molecular formula is C15H21NO4. The quantitative estimate of drug-likeness (QED) is 0.880. The number of nitrogens with one attached hydrogen (secondary N) is 1. The Bertz CT molecular complexity index is 489. The highest BCUT2D eigenvalue weighted by molar-refractivity contribution is 5.72. The first-order chi connectivity index (χ1) is 9.56. The topological polar surface area (TPSA) is 67.8 Å². The molecule has 1 heterocycles. The highest BCUT2D eigenvalue weighted by Gasteiger charge is 2.35. The van der Waals surface area contributed by atoms with Gasteiger partial charge in [0.1, 0.15) is 11.5 Å². The van der Waals surface area contributed by atoms with E-state index in [1.807, 2.05) is 12.1 Å². The fraction of sp³-hybridized carbons (Fsp3) is 0.533. The molecule has 110 valence electrons. The minimum atomic E-state index is -0.771. The van der Waals surface area contributed by atoms with Gasteiger partial charge in [-0.2, -0.15) is 0 Å². The molecular weight excluding hydrogens is 258 g/mol. The van der Waals surface area contributed by atoms with Crippen LogP contribution < -0.4 is 14.8 Å². The van der Waals surface area contributed by atoms with Gasteiger partial charge in [0, 0.05) is 24.6 Å². The highest BCUT2D eigenvalue weighted by atomic mass is 16.5. The molecule has 0 aromatic heterocycles. The van der Waals surface area contributed by atoms with Crippen LogP contribution in [0.5, 0.6) is 11.5 Å². The summed E-state index contributed by atoms with van der Waals surface area (Å²) in [5, 5.41) is 12.6. The fourth-order valence-corrected chi connectivity index (χ4v) is 2.83. The predicted molar refractivity (Wildman–Crippen MR) is 75.5 cm³/mol. The average Bonchev–Trinajstić information content (AvgIpc) is 2.46. The van der Waals surface area contributed by atoms with E-state index in [9.17, 15) is 9.90 Å². The second-order valence-corrected chi connectivity index (χ2v) is 5.20. The number of hydrogen-bond donors (Lipinski definition) is 2. The maximum Gasteiger partial charge on any atom is 0.308 e. The van der Waals surface area contributed by atoms with Crippen molar-refractivity contribution in [2.45, 2.75) is 25.3 Å². The van der Waals surface area contributed by atoms with Crippen LogP contribution in [-0.2, 0) is 4.79 Å². The molecule has 0 amide bonds. The molecule has 0 bridgehead atoms. The number of carboxylic acid groups (broad SMARTS) is 1.